The van der Waals surface area contributed by atoms with Crippen molar-refractivity contribution in [3.8, 4) is 0 Å². The third kappa shape index (κ3) is 2.72. The highest BCUT2D eigenvalue weighted by Gasteiger charge is 2.57. The Morgan fingerprint density at radius 2 is 2.04 bits per heavy atom. The van der Waals surface area contributed by atoms with E-state index in [-0.39, 0.29) is 12.8 Å². The number of nitrogens with zero attached hydrogens (tertiary/aromatic N) is 1. The van der Waals surface area contributed by atoms with E-state index in [4.69, 9.17) is 13.6 Å². The van der Waals surface area contributed by atoms with Crippen LogP contribution in [-0.2, 0) is 14.3 Å². The number of methoxy groups -OCH3 is 1. The summed E-state index contributed by atoms with van der Waals surface area (Å²) in [6.45, 7) is -2.80. The number of carbonyl (C=O) groups is 2. The predicted molar refractivity (Wildman–Crippen MR) is 82.1 cm³/mol. The first-order valence-corrected chi connectivity index (χ1v) is 7.63. The van der Waals surface area contributed by atoms with Crippen molar-refractivity contribution in [2.75, 3.05) is 14.1 Å². The van der Waals surface area contributed by atoms with Gasteiger partial charge in [-0.05, 0) is 12.1 Å². The van der Waals surface area contributed by atoms with E-state index in [9.17, 15) is 14.8 Å². The van der Waals surface area contributed by atoms with Gasteiger partial charge in [0, 0.05) is 19.3 Å². The molecule has 0 aliphatic carbocycles. The van der Waals surface area contributed by atoms with E-state index >= 15 is 0 Å². The molecule has 3 unspecified atom stereocenters. The molecule has 6 nitrogen and oxygen atoms in total. The molecule has 0 amide bonds. The molecule has 2 fully saturated rings. The summed E-state index contributed by atoms with van der Waals surface area (Å²) in [6, 6.07) is 6.56. The van der Waals surface area contributed by atoms with E-state index in [2.05, 4.69) is 0 Å². The molecule has 2 aliphatic heterocycles. The maximum atomic E-state index is 13.2. The van der Waals surface area contributed by atoms with Crippen molar-refractivity contribution in [2.24, 2.45) is 5.92 Å². The molecule has 2 aliphatic rings. The Morgan fingerprint density at radius 1 is 1.30 bits per heavy atom. The Hall–Kier alpha value is -1.92. The summed E-state index contributed by atoms with van der Waals surface area (Å²) in [5.74, 6) is -2.42. The van der Waals surface area contributed by atoms with Crippen LogP contribution in [0.3, 0.4) is 0 Å². The smallest absolute Gasteiger partial charge is 0.338 e. The molecular formula is C17H21NO5. The van der Waals surface area contributed by atoms with Gasteiger partial charge in [0.25, 0.3) is 0 Å². The van der Waals surface area contributed by atoms with Crippen molar-refractivity contribution >= 4 is 11.9 Å². The first kappa shape index (κ1) is 12.5. The maximum absolute atomic E-state index is 13.2. The van der Waals surface area contributed by atoms with E-state index in [1.807, 2.05) is 0 Å². The molecule has 2 heterocycles. The zero-order chi connectivity index (χ0) is 19.1. The molecule has 1 aromatic carbocycles. The summed E-state index contributed by atoms with van der Waals surface area (Å²) < 4.78 is 32.0. The minimum absolute atomic E-state index is 0.0245. The lowest BCUT2D eigenvalue weighted by Gasteiger charge is -2.52. The minimum Gasteiger partial charge on any atom is -0.633 e. The fraction of sp³-hybridized carbons (Fsp3) is 0.529. The van der Waals surface area contributed by atoms with Crippen LogP contribution in [0.25, 0.3) is 0 Å². The Kier molecular flexibility index (Phi) is 3.23. The van der Waals surface area contributed by atoms with E-state index < -0.39 is 47.7 Å². The second kappa shape index (κ2) is 5.94. The molecule has 5 atom stereocenters. The Labute approximate surface area is 139 Å². The van der Waals surface area contributed by atoms with Crippen LogP contribution in [0.15, 0.2) is 30.3 Å². The second-order valence-corrected chi connectivity index (χ2v) is 6.10. The number of hydrogen-bond acceptors (Lipinski definition) is 5. The topological polar surface area (TPSA) is 75.7 Å². The lowest BCUT2D eigenvalue weighted by molar-refractivity contribution is -0.906. The lowest BCUT2D eigenvalue weighted by Crippen LogP contribution is -2.61. The van der Waals surface area contributed by atoms with Crippen LogP contribution in [0.1, 0.15) is 33.7 Å². The molecule has 0 N–H and O–H groups in total. The van der Waals surface area contributed by atoms with Crippen LogP contribution < -0.4 is 0 Å². The molecule has 3 rings (SSSR count). The maximum Gasteiger partial charge on any atom is 0.338 e. The van der Waals surface area contributed by atoms with Gasteiger partial charge < -0.3 is 19.3 Å². The van der Waals surface area contributed by atoms with Crippen LogP contribution in [0.2, 0.25) is 0 Å². The number of esters is 2. The molecule has 6 heteroatoms. The number of fused-ring (bicyclic) bond motifs is 2. The van der Waals surface area contributed by atoms with Crippen LogP contribution in [0.4, 0.5) is 0 Å². The fourth-order valence-corrected chi connectivity index (χ4v) is 3.72. The zero-order valence-corrected chi connectivity index (χ0v) is 12.8. The van der Waals surface area contributed by atoms with Crippen LogP contribution in [0.5, 0.6) is 0 Å². The van der Waals surface area contributed by atoms with Gasteiger partial charge in [-0.15, -0.1) is 0 Å². The van der Waals surface area contributed by atoms with Gasteiger partial charge in [-0.1, -0.05) is 18.2 Å². The third-order valence-corrected chi connectivity index (χ3v) is 4.89. The van der Waals surface area contributed by atoms with Gasteiger partial charge in [0.1, 0.15) is 18.1 Å². The van der Waals surface area contributed by atoms with Crippen molar-refractivity contribution < 1.29 is 27.8 Å². The van der Waals surface area contributed by atoms with Gasteiger partial charge in [-0.25, -0.2) is 4.79 Å². The van der Waals surface area contributed by atoms with E-state index in [1.165, 1.54) is 7.11 Å². The summed E-state index contributed by atoms with van der Waals surface area (Å²) in [6.07, 6.45) is -0.197. The average Bonchev–Trinajstić information content (AvgIpc) is 2.81. The van der Waals surface area contributed by atoms with Crippen LogP contribution in [-0.4, -0.2) is 48.9 Å². The normalized spacial score (nSPS) is 38.1. The lowest BCUT2D eigenvalue weighted by atomic mass is 9.87. The van der Waals surface area contributed by atoms with Crippen molar-refractivity contribution in [3.05, 3.63) is 41.1 Å². The highest BCUT2D eigenvalue weighted by molar-refractivity contribution is 5.89. The highest BCUT2D eigenvalue weighted by atomic mass is 16.6. The van der Waals surface area contributed by atoms with E-state index in [1.54, 1.807) is 30.3 Å². The first-order valence-electron chi connectivity index (χ1n) is 9.13. The van der Waals surface area contributed by atoms with Crippen molar-refractivity contribution in [2.45, 2.75) is 37.5 Å². The second-order valence-electron chi connectivity index (χ2n) is 6.10. The van der Waals surface area contributed by atoms with Gasteiger partial charge in [0.15, 0.2) is 0 Å². The summed E-state index contributed by atoms with van der Waals surface area (Å²) in [4.78, 5) is 24.7. The van der Waals surface area contributed by atoms with E-state index in [0.717, 1.165) is 0 Å². The first-order chi connectivity index (χ1) is 12.2. The molecule has 2 saturated heterocycles. The summed E-state index contributed by atoms with van der Waals surface area (Å²) >= 11 is 0. The fourth-order valence-electron chi connectivity index (χ4n) is 3.72. The zero-order valence-electron chi connectivity index (χ0n) is 15.8. The molecule has 124 valence electrons. The van der Waals surface area contributed by atoms with E-state index in [0.29, 0.717) is 12.0 Å². The Morgan fingerprint density at radius 3 is 2.70 bits per heavy atom. The van der Waals surface area contributed by atoms with Crippen LogP contribution in [0, 0.1) is 11.1 Å². The number of hydrogen-bond donors (Lipinski definition) is 0. The largest absolute Gasteiger partial charge is 0.633 e. The van der Waals surface area contributed by atoms with Gasteiger partial charge in [0.05, 0.1) is 29.8 Å². The standard InChI is InChI=1S/C17H21NO5/c1-18(21)12-8-9-13(18)15(17(20)22-2)14(10-12)23-16(19)11-6-4-3-5-7-11/h3-7,12-15H,8-10H2,1-2H3/t12-,13+,14?,15?,18?/m0/s1/i1D3. The molecule has 23 heavy (non-hydrogen) atoms. The van der Waals surface area contributed by atoms with Gasteiger partial charge in [-0.3, -0.25) is 4.79 Å². The number of ether oxygens (including phenoxy) is 2. The molecule has 2 bridgehead atoms. The molecule has 1 aromatic rings. The van der Waals surface area contributed by atoms with Crippen molar-refractivity contribution in [3.63, 3.8) is 0 Å². The van der Waals surface area contributed by atoms with Gasteiger partial charge >= 0.3 is 11.9 Å². The van der Waals surface area contributed by atoms with Crippen LogP contribution >= 0.6 is 0 Å². The van der Waals surface area contributed by atoms with Crippen molar-refractivity contribution in [1.82, 2.24) is 0 Å². The SMILES string of the molecule is [2H]C([2H])([2H])[N+]1([O-])[C@H]2CC[C@@H]1C(C(=O)OC)C(OC(=O)c1ccccc1)C2. The van der Waals surface area contributed by atoms with Gasteiger partial charge in [0.2, 0.25) is 0 Å². The third-order valence-electron chi connectivity index (χ3n) is 4.89. The number of rotatable bonds is 3. The number of quaternary nitrogens is 1. The number of benzene rings is 1. The highest BCUT2D eigenvalue weighted by Crippen LogP contribution is 2.45. The minimum atomic E-state index is -2.80. The van der Waals surface area contributed by atoms with Gasteiger partial charge in [-0.2, -0.15) is 0 Å². The summed E-state index contributed by atoms with van der Waals surface area (Å²) in [5, 5.41) is 13.2. The Bertz CT molecular complexity index is 695. The number of carbonyl (C=O) groups excluding carboxylic acids is 2. The summed E-state index contributed by atoms with van der Waals surface area (Å²) in [7, 11) is 1.17. The molecule has 0 saturated carbocycles. The number of piperidine rings is 1. The Balaban J connectivity index is 1.90. The molecule has 0 spiro atoms. The average molecular weight is 322 g/mol. The number of hydroxylamine groups is 3. The monoisotopic (exact) mass is 322 g/mol. The quantitative estimate of drug-likeness (QED) is 0.482. The summed E-state index contributed by atoms with van der Waals surface area (Å²) in [5.41, 5.74) is 0.327. The van der Waals surface area contributed by atoms with Crippen molar-refractivity contribution in [1.29, 1.82) is 0 Å². The predicted octanol–water partition coefficient (Wildman–Crippen LogP) is 1.88. The molecular weight excluding hydrogens is 298 g/mol. The molecule has 0 aromatic heterocycles. The molecule has 0 radical (unpaired) electrons.